The van der Waals surface area contributed by atoms with E-state index in [1.165, 1.54) is 20.8 Å². The molecule has 0 unspecified atom stereocenters. The Morgan fingerprint density at radius 2 is 1.78 bits per heavy atom. The van der Waals surface area contributed by atoms with Crippen LogP contribution in [0.2, 0.25) is 0 Å². The van der Waals surface area contributed by atoms with E-state index in [0.29, 0.717) is 6.07 Å². The predicted molar refractivity (Wildman–Crippen MR) is 82.5 cm³/mol. The van der Waals surface area contributed by atoms with Gasteiger partial charge in [0.25, 0.3) is 11.5 Å². The topological polar surface area (TPSA) is 117 Å². The van der Waals surface area contributed by atoms with Crippen LogP contribution >= 0.6 is 0 Å². The lowest BCUT2D eigenvalue weighted by Crippen LogP contribution is -2.42. The normalized spacial score (nSPS) is 16.3. The highest BCUT2D eigenvalue weighted by molar-refractivity contribution is 6.15. The van der Waals surface area contributed by atoms with Crippen LogP contribution in [-0.2, 0) is 19.1 Å². The number of alkyl halides is 3. The molecule has 146 valence electrons. The van der Waals surface area contributed by atoms with Gasteiger partial charge in [0, 0.05) is 20.0 Å². The number of rotatable bonds is 4. The van der Waals surface area contributed by atoms with Crippen LogP contribution in [0.3, 0.4) is 0 Å². The van der Waals surface area contributed by atoms with Crippen molar-refractivity contribution in [2.75, 3.05) is 5.32 Å². The standard InChI is InChI=1S/C15H13F3N2O7/c1-7-4-8(25-15(16,17)18)5-10(20(23)24)11(7)19-6-9-12(21)26-14(2,3)27-13(9)22/h4-6,19H,1-3H3. The zero-order valence-corrected chi connectivity index (χ0v) is 14.2. The molecule has 9 nitrogen and oxygen atoms in total. The zero-order valence-electron chi connectivity index (χ0n) is 14.2. The molecule has 0 bridgehead atoms. The number of ether oxygens (including phenoxy) is 3. The van der Waals surface area contributed by atoms with Gasteiger partial charge in [-0.15, -0.1) is 13.2 Å². The summed E-state index contributed by atoms with van der Waals surface area (Å²) in [6.45, 7) is 3.94. The molecule has 1 aliphatic heterocycles. The largest absolute Gasteiger partial charge is 0.573 e. The number of carbonyl (C=O) groups excluding carboxylic acids is 2. The van der Waals surface area contributed by atoms with Gasteiger partial charge in [-0.1, -0.05) is 0 Å². The lowest BCUT2D eigenvalue weighted by molar-refractivity contribution is -0.384. The Hall–Kier alpha value is -3.31. The Bertz CT molecular complexity index is 825. The molecular formula is C15H13F3N2O7. The van der Waals surface area contributed by atoms with Crippen molar-refractivity contribution in [1.82, 2.24) is 0 Å². The fourth-order valence-corrected chi connectivity index (χ4v) is 2.18. The molecule has 1 aliphatic rings. The van der Waals surface area contributed by atoms with Crippen LogP contribution in [0.25, 0.3) is 0 Å². The third kappa shape index (κ3) is 4.86. The van der Waals surface area contributed by atoms with Crippen molar-refractivity contribution >= 4 is 23.3 Å². The molecule has 1 fully saturated rings. The average molecular weight is 390 g/mol. The van der Waals surface area contributed by atoms with Crippen LogP contribution in [0.15, 0.2) is 23.9 Å². The predicted octanol–water partition coefficient (Wildman–Crippen LogP) is 2.93. The lowest BCUT2D eigenvalue weighted by Gasteiger charge is -2.29. The quantitative estimate of drug-likeness (QED) is 0.274. The monoisotopic (exact) mass is 390 g/mol. The molecule has 0 radical (unpaired) electrons. The van der Waals surface area contributed by atoms with Crippen molar-refractivity contribution in [3.8, 4) is 5.75 Å². The van der Waals surface area contributed by atoms with E-state index < -0.39 is 46.0 Å². The molecule has 0 aliphatic carbocycles. The number of carbonyl (C=O) groups is 2. The van der Waals surface area contributed by atoms with Crippen molar-refractivity contribution in [3.63, 3.8) is 0 Å². The Morgan fingerprint density at radius 1 is 1.22 bits per heavy atom. The van der Waals surface area contributed by atoms with Crippen LogP contribution in [0, 0.1) is 17.0 Å². The van der Waals surface area contributed by atoms with Gasteiger partial charge in [0.1, 0.15) is 11.4 Å². The number of nitro benzene ring substituents is 1. The molecule has 1 N–H and O–H groups in total. The van der Waals surface area contributed by atoms with Crippen molar-refractivity contribution in [1.29, 1.82) is 0 Å². The fourth-order valence-electron chi connectivity index (χ4n) is 2.18. The van der Waals surface area contributed by atoms with Gasteiger partial charge in [-0.3, -0.25) is 10.1 Å². The maximum atomic E-state index is 12.3. The van der Waals surface area contributed by atoms with E-state index >= 15 is 0 Å². The van der Waals surface area contributed by atoms with Crippen LogP contribution in [0.5, 0.6) is 5.75 Å². The number of hydrogen-bond donors (Lipinski definition) is 1. The maximum absolute atomic E-state index is 12.3. The van der Waals surface area contributed by atoms with E-state index in [2.05, 4.69) is 10.1 Å². The zero-order chi connectivity index (χ0) is 20.6. The molecule has 12 heteroatoms. The molecule has 0 saturated carbocycles. The molecule has 0 amide bonds. The number of nitrogens with zero attached hydrogens (tertiary/aromatic N) is 1. The molecule has 0 atom stereocenters. The van der Waals surface area contributed by atoms with Crippen molar-refractivity contribution < 1.29 is 41.9 Å². The number of cyclic esters (lactones) is 2. The second-order valence-electron chi connectivity index (χ2n) is 5.82. The summed E-state index contributed by atoms with van der Waals surface area (Å²) >= 11 is 0. The smallest absolute Gasteiger partial charge is 0.419 e. The minimum atomic E-state index is -5.03. The molecule has 2 rings (SSSR count). The van der Waals surface area contributed by atoms with Gasteiger partial charge in [-0.2, -0.15) is 0 Å². The SMILES string of the molecule is Cc1cc(OC(F)(F)F)cc([N+](=O)[O-])c1NC=C1C(=O)OC(C)(C)OC1=O. The van der Waals surface area contributed by atoms with E-state index in [1.807, 2.05) is 0 Å². The number of esters is 2. The fraction of sp³-hybridized carbons (Fsp3) is 0.333. The van der Waals surface area contributed by atoms with Gasteiger partial charge >= 0.3 is 18.3 Å². The summed E-state index contributed by atoms with van der Waals surface area (Å²) < 4.78 is 50.4. The third-order valence-electron chi connectivity index (χ3n) is 3.20. The van der Waals surface area contributed by atoms with Gasteiger partial charge in [0.15, 0.2) is 5.57 Å². The number of halogens is 3. The Balaban J connectivity index is 2.37. The van der Waals surface area contributed by atoms with Crippen molar-refractivity contribution in [2.24, 2.45) is 0 Å². The first-order chi connectivity index (χ1) is 12.3. The van der Waals surface area contributed by atoms with E-state index in [-0.39, 0.29) is 11.3 Å². The number of nitrogens with one attached hydrogen (secondary N) is 1. The molecule has 0 aromatic heterocycles. The van der Waals surface area contributed by atoms with E-state index in [0.717, 1.165) is 12.3 Å². The van der Waals surface area contributed by atoms with Crippen LogP contribution in [-0.4, -0.2) is 29.0 Å². The molecule has 1 heterocycles. The second-order valence-corrected chi connectivity index (χ2v) is 5.82. The van der Waals surface area contributed by atoms with Crippen LogP contribution in [0.4, 0.5) is 24.5 Å². The minimum Gasteiger partial charge on any atom is -0.419 e. The molecule has 1 aromatic rings. The summed E-state index contributed by atoms with van der Waals surface area (Å²) in [6, 6.07) is 1.46. The Morgan fingerprint density at radius 3 is 2.26 bits per heavy atom. The highest BCUT2D eigenvalue weighted by atomic mass is 19.4. The number of hydrogen-bond acceptors (Lipinski definition) is 8. The first-order valence-corrected chi connectivity index (χ1v) is 7.27. The van der Waals surface area contributed by atoms with Crippen molar-refractivity contribution in [3.05, 3.63) is 39.6 Å². The summed E-state index contributed by atoms with van der Waals surface area (Å²) in [4.78, 5) is 33.9. The number of aryl methyl sites for hydroxylation is 1. The number of benzene rings is 1. The number of anilines is 1. The third-order valence-corrected chi connectivity index (χ3v) is 3.20. The first-order valence-electron chi connectivity index (χ1n) is 7.27. The highest BCUT2D eigenvalue weighted by Gasteiger charge is 2.39. The van der Waals surface area contributed by atoms with Crippen LogP contribution in [0.1, 0.15) is 19.4 Å². The highest BCUT2D eigenvalue weighted by Crippen LogP contribution is 2.35. The van der Waals surface area contributed by atoms with Crippen molar-refractivity contribution in [2.45, 2.75) is 32.9 Å². The van der Waals surface area contributed by atoms with Gasteiger partial charge in [-0.25, -0.2) is 9.59 Å². The number of nitro groups is 1. The van der Waals surface area contributed by atoms with Gasteiger partial charge in [0.2, 0.25) is 0 Å². The van der Waals surface area contributed by atoms with E-state index in [4.69, 9.17) is 9.47 Å². The summed E-state index contributed by atoms with van der Waals surface area (Å²) in [7, 11) is 0. The molecule has 0 spiro atoms. The first kappa shape index (κ1) is 20.0. The Labute approximate surface area is 149 Å². The molecule has 1 aromatic carbocycles. The minimum absolute atomic E-state index is 0.00169. The Kier molecular flexibility index (Phi) is 5.02. The average Bonchev–Trinajstić information content (AvgIpc) is 2.44. The van der Waals surface area contributed by atoms with E-state index in [1.54, 1.807) is 0 Å². The van der Waals surface area contributed by atoms with Gasteiger partial charge < -0.3 is 19.5 Å². The molecular weight excluding hydrogens is 377 g/mol. The van der Waals surface area contributed by atoms with E-state index in [9.17, 15) is 32.9 Å². The summed E-state index contributed by atoms with van der Waals surface area (Å²) in [6.07, 6.45) is -4.21. The van der Waals surface area contributed by atoms with Gasteiger partial charge in [0.05, 0.1) is 11.0 Å². The molecule has 1 saturated heterocycles. The molecule has 27 heavy (non-hydrogen) atoms. The summed E-state index contributed by atoms with van der Waals surface area (Å²) in [5.41, 5.74) is -1.58. The van der Waals surface area contributed by atoms with Crippen LogP contribution < -0.4 is 10.1 Å². The van der Waals surface area contributed by atoms with Gasteiger partial charge in [-0.05, 0) is 18.6 Å². The summed E-state index contributed by atoms with van der Waals surface area (Å²) in [5.74, 6) is -4.31. The lowest BCUT2D eigenvalue weighted by atomic mass is 10.1. The second kappa shape index (κ2) is 6.78. The maximum Gasteiger partial charge on any atom is 0.573 e. The summed E-state index contributed by atoms with van der Waals surface area (Å²) in [5, 5.41) is 13.6.